The molecule has 2 aromatic heterocycles. The third-order valence-electron chi connectivity index (χ3n) is 4.06. The van der Waals surface area contributed by atoms with E-state index in [1.54, 1.807) is 11.3 Å². The van der Waals surface area contributed by atoms with Crippen molar-refractivity contribution in [3.63, 3.8) is 0 Å². The molecule has 134 valence electrons. The second kappa shape index (κ2) is 8.44. The standard InChI is InChI=1S/C17H23N5OS2/c1-11(23)19-9-13-7-8-15(25-13)14-10-24-17(21-14)22-16(18)20-12-5-3-2-4-6-12/h7-8,10,12H,2-6,9H2,1H3,(H,19,23)(H3,18,20,21,22). The van der Waals surface area contributed by atoms with Crippen molar-refractivity contribution in [2.75, 3.05) is 5.32 Å². The molecule has 2 aromatic rings. The Balaban J connectivity index is 1.60. The lowest BCUT2D eigenvalue weighted by Gasteiger charge is -2.18. The first-order valence-electron chi connectivity index (χ1n) is 8.49. The van der Waals surface area contributed by atoms with Gasteiger partial charge in [0.15, 0.2) is 11.1 Å². The molecule has 0 bridgehead atoms. The molecule has 4 N–H and O–H groups in total. The number of rotatable bonds is 5. The number of anilines is 1. The zero-order chi connectivity index (χ0) is 17.6. The van der Waals surface area contributed by atoms with Crippen LogP contribution in [0.25, 0.3) is 10.6 Å². The van der Waals surface area contributed by atoms with E-state index in [0.29, 0.717) is 18.5 Å². The molecule has 1 amide bonds. The number of aliphatic imine (C=N–C) groups is 1. The van der Waals surface area contributed by atoms with Gasteiger partial charge < -0.3 is 16.4 Å². The number of carbonyl (C=O) groups excluding carboxylic acids is 1. The van der Waals surface area contributed by atoms with E-state index in [-0.39, 0.29) is 5.91 Å². The first-order chi connectivity index (χ1) is 12.1. The Morgan fingerprint density at radius 2 is 2.16 bits per heavy atom. The molecule has 3 rings (SSSR count). The molecule has 0 unspecified atom stereocenters. The van der Waals surface area contributed by atoms with Crippen LogP contribution in [0.4, 0.5) is 5.13 Å². The van der Waals surface area contributed by atoms with E-state index in [1.807, 2.05) is 17.5 Å². The Kier molecular flexibility index (Phi) is 6.04. The van der Waals surface area contributed by atoms with E-state index in [1.165, 1.54) is 37.5 Å². The summed E-state index contributed by atoms with van der Waals surface area (Å²) in [6, 6.07) is 4.39. The highest BCUT2D eigenvalue weighted by atomic mass is 32.1. The van der Waals surface area contributed by atoms with Gasteiger partial charge >= 0.3 is 0 Å². The molecule has 0 saturated heterocycles. The molecule has 8 heteroatoms. The van der Waals surface area contributed by atoms with Gasteiger partial charge in [0.2, 0.25) is 5.91 Å². The first kappa shape index (κ1) is 17.9. The molecule has 0 aliphatic heterocycles. The van der Waals surface area contributed by atoms with Crippen LogP contribution >= 0.6 is 22.7 Å². The van der Waals surface area contributed by atoms with Crippen molar-refractivity contribution in [1.82, 2.24) is 10.3 Å². The maximum atomic E-state index is 11.0. The number of hydrogen-bond acceptors (Lipinski definition) is 5. The Morgan fingerprint density at radius 1 is 1.36 bits per heavy atom. The normalized spacial score (nSPS) is 16.0. The smallest absolute Gasteiger partial charge is 0.217 e. The van der Waals surface area contributed by atoms with Gasteiger partial charge in [0.1, 0.15) is 0 Å². The lowest BCUT2D eigenvalue weighted by Crippen LogP contribution is -2.25. The topological polar surface area (TPSA) is 92.4 Å². The predicted molar refractivity (Wildman–Crippen MR) is 105 cm³/mol. The minimum Gasteiger partial charge on any atom is -0.370 e. The zero-order valence-corrected chi connectivity index (χ0v) is 15.9. The van der Waals surface area contributed by atoms with Crippen LogP contribution in [0.5, 0.6) is 0 Å². The zero-order valence-electron chi connectivity index (χ0n) is 14.2. The Morgan fingerprint density at radius 3 is 2.92 bits per heavy atom. The number of aromatic nitrogens is 1. The van der Waals surface area contributed by atoms with Crippen LogP contribution in [0.1, 0.15) is 43.9 Å². The summed E-state index contributed by atoms with van der Waals surface area (Å²) in [5.41, 5.74) is 6.94. The van der Waals surface area contributed by atoms with Crippen LogP contribution in [-0.4, -0.2) is 22.9 Å². The summed E-state index contributed by atoms with van der Waals surface area (Å²) in [7, 11) is 0. The highest BCUT2D eigenvalue weighted by Crippen LogP contribution is 2.30. The molecular weight excluding hydrogens is 354 g/mol. The summed E-state index contributed by atoms with van der Waals surface area (Å²) in [6.07, 6.45) is 6.03. The molecule has 6 nitrogen and oxygen atoms in total. The number of nitrogens with one attached hydrogen (secondary N) is 2. The van der Waals surface area contributed by atoms with Crippen molar-refractivity contribution in [3.05, 3.63) is 22.4 Å². The van der Waals surface area contributed by atoms with Gasteiger partial charge in [0, 0.05) is 17.2 Å². The monoisotopic (exact) mass is 377 g/mol. The quantitative estimate of drug-likeness (QED) is 0.549. The number of nitrogens with two attached hydrogens (primary N) is 1. The highest BCUT2D eigenvalue weighted by Gasteiger charge is 2.13. The van der Waals surface area contributed by atoms with Crippen molar-refractivity contribution < 1.29 is 4.79 Å². The van der Waals surface area contributed by atoms with Crippen LogP contribution < -0.4 is 16.4 Å². The second-order valence-electron chi connectivity index (χ2n) is 6.14. The van der Waals surface area contributed by atoms with Gasteiger partial charge in [-0.05, 0) is 25.0 Å². The largest absolute Gasteiger partial charge is 0.370 e. The summed E-state index contributed by atoms with van der Waals surface area (Å²) < 4.78 is 0. The minimum absolute atomic E-state index is 0.0252. The average molecular weight is 378 g/mol. The van der Waals surface area contributed by atoms with Crippen LogP contribution in [0.2, 0.25) is 0 Å². The fourth-order valence-electron chi connectivity index (χ4n) is 2.82. The molecule has 0 spiro atoms. The molecule has 1 aliphatic rings. The van der Waals surface area contributed by atoms with Crippen molar-refractivity contribution >= 4 is 39.7 Å². The van der Waals surface area contributed by atoms with Gasteiger partial charge in [0.05, 0.1) is 23.2 Å². The molecule has 2 heterocycles. The average Bonchev–Trinajstić information content (AvgIpc) is 3.23. The molecule has 0 aromatic carbocycles. The van der Waals surface area contributed by atoms with Crippen molar-refractivity contribution in [1.29, 1.82) is 0 Å². The minimum atomic E-state index is -0.0252. The predicted octanol–water partition coefficient (Wildman–Crippen LogP) is 3.57. The third-order valence-corrected chi connectivity index (χ3v) is 5.93. The highest BCUT2D eigenvalue weighted by molar-refractivity contribution is 7.17. The summed E-state index contributed by atoms with van der Waals surface area (Å²) in [6.45, 7) is 2.07. The number of guanidine groups is 1. The number of thiazole rings is 1. The molecule has 1 saturated carbocycles. The number of carbonyl (C=O) groups is 1. The maximum absolute atomic E-state index is 11.0. The van der Waals surface area contributed by atoms with Gasteiger partial charge in [-0.2, -0.15) is 0 Å². The van der Waals surface area contributed by atoms with E-state index in [9.17, 15) is 4.79 Å². The summed E-state index contributed by atoms with van der Waals surface area (Å²) in [5.74, 6) is 0.424. The Bertz CT molecular complexity index is 746. The fourth-order valence-corrected chi connectivity index (χ4v) is 4.52. The summed E-state index contributed by atoms with van der Waals surface area (Å²) in [5, 5.41) is 8.67. The van der Waals surface area contributed by atoms with E-state index in [0.717, 1.165) is 33.4 Å². The molecular formula is C17H23N5OS2. The first-order valence-corrected chi connectivity index (χ1v) is 10.2. The van der Waals surface area contributed by atoms with Crippen molar-refractivity contribution in [2.45, 2.75) is 51.6 Å². The summed E-state index contributed by atoms with van der Waals surface area (Å²) in [4.78, 5) is 22.3. The fraction of sp³-hybridized carbons (Fsp3) is 0.471. The van der Waals surface area contributed by atoms with Gasteiger partial charge in [-0.1, -0.05) is 19.3 Å². The Labute approximate surface area is 155 Å². The SMILES string of the molecule is CC(=O)NCc1ccc(-c2csc(NC(N)=NC3CCCCC3)n2)s1. The molecule has 25 heavy (non-hydrogen) atoms. The van der Waals surface area contributed by atoms with E-state index >= 15 is 0 Å². The van der Waals surface area contributed by atoms with Gasteiger partial charge in [-0.25, -0.2) is 9.98 Å². The molecule has 0 radical (unpaired) electrons. The van der Waals surface area contributed by atoms with E-state index in [2.05, 4.69) is 20.6 Å². The number of thiophene rings is 1. The van der Waals surface area contributed by atoms with Crippen LogP contribution in [0.15, 0.2) is 22.5 Å². The van der Waals surface area contributed by atoms with Crippen LogP contribution in [0.3, 0.4) is 0 Å². The van der Waals surface area contributed by atoms with Crippen LogP contribution in [-0.2, 0) is 11.3 Å². The lowest BCUT2D eigenvalue weighted by molar-refractivity contribution is -0.119. The van der Waals surface area contributed by atoms with Crippen molar-refractivity contribution in [3.8, 4) is 10.6 Å². The third kappa shape index (κ3) is 5.27. The lowest BCUT2D eigenvalue weighted by atomic mass is 9.96. The number of nitrogens with zero attached hydrogens (tertiary/aromatic N) is 2. The Hall–Kier alpha value is -1.93. The van der Waals surface area contributed by atoms with Gasteiger partial charge in [-0.3, -0.25) is 4.79 Å². The molecule has 1 fully saturated rings. The maximum Gasteiger partial charge on any atom is 0.217 e. The summed E-state index contributed by atoms with van der Waals surface area (Å²) >= 11 is 3.14. The van der Waals surface area contributed by atoms with E-state index < -0.39 is 0 Å². The molecule has 0 atom stereocenters. The van der Waals surface area contributed by atoms with Crippen LogP contribution in [0, 0.1) is 0 Å². The number of amides is 1. The van der Waals surface area contributed by atoms with Gasteiger partial charge in [0.25, 0.3) is 0 Å². The number of hydrogen-bond donors (Lipinski definition) is 3. The second-order valence-corrected chi connectivity index (χ2v) is 8.17. The van der Waals surface area contributed by atoms with E-state index in [4.69, 9.17) is 5.73 Å². The molecule has 1 aliphatic carbocycles. The van der Waals surface area contributed by atoms with Gasteiger partial charge in [-0.15, -0.1) is 22.7 Å². The van der Waals surface area contributed by atoms with Crippen molar-refractivity contribution in [2.24, 2.45) is 10.7 Å².